The molecule has 0 aliphatic carbocycles. The van der Waals surface area contributed by atoms with Gasteiger partial charge in [0.05, 0.1) is 0 Å². The smallest absolute Gasteiger partial charge is 0 e. The maximum Gasteiger partial charge on any atom is 0 e. The monoisotopic (exact) mass is 237 g/mol. The quantitative estimate of drug-likeness (QED) is 0.657. The molecule has 1 aromatic carbocycles. The molecule has 0 aliphatic heterocycles. The van der Waals surface area contributed by atoms with E-state index in [0.717, 1.165) is 0 Å². The molecule has 0 nitrogen and oxygen atoms in total. The van der Waals surface area contributed by atoms with Crippen LogP contribution in [0.1, 0.15) is 30.9 Å². The van der Waals surface area contributed by atoms with Crippen LogP contribution < -0.4 is 0 Å². The van der Waals surface area contributed by atoms with Crippen molar-refractivity contribution >= 4 is 0 Å². The Kier molecular flexibility index (Phi) is 8.40. The van der Waals surface area contributed by atoms with Crippen LogP contribution in [0.2, 0.25) is 0 Å². The zero-order chi connectivity index (χ0) is 7.56. The molecule has 0 saturated heterocycles. The number of aryl methyl sites for hydroxylation is 1. The van der Waals surface area contributed by atoms with Gasteiger partial charge >= 0.3 is 0 Å². The van der Waals surface area contributed by atoms with E-state index >= 15 is 0 Å². The fourth-order valence-corrected chi connectivity index (χ4v) is 0.968. The first-order chi connectivity index (χ1) is 4.70. The van der Waals surface area contributed by atoms with Crippen molar-refractivity contribution in [3.05, 3.63) is 42.8 Å². The predicted octanol–water partition coefficient (Wildman–Crippen LogP) is 3.37. The van der Waals surface area contributed by atoms with Crippen molar-refractivity contribution in [1.82, 2.24) is 0 Å². The van der Waals surface area contributed by atoms with Crippen molar-refractivity contribution in [1.29, 1.82) is 0 Å². The third-order valence-corrected chi connectivity index (χ3v) is 1.64. The Balaban J connectivity index is 0. The summed E-state index contributed by atoms with van der Waals surface area (Å²) < 4.78 is 0. The van der Waals surface area contributed by atoms with Gasteiger partial charge in [0.1, 0.15) is 0 Å². The van der Waals surface area contributed by atoms with Crippen molar-refractivity contribution in [3.8, 4) is 0 Å². The summed E-state index contributed by atoms with van der Waals surface area (Å²) in [5.41, 5.74) is 2.63. The van der Waals surface area contributed by atoms with E-state index in [-0.39, 0.29) is 40.1 Å². The first-order valence-electron chi connectivity index (χ1n) is 3.68. The Bertz CT molecular complexity index is 216. The van der Waals surface area contributed by atoms with Crippen molar-refractivity contribution in [2.24, 2.45) is 0 Å². The van der Waals surface area contributed by atoms with Crippen molar-refractivity contribution in [3.63, 3.8) is 0 Å². The molecule has 1 rings (SSSR count). The van der Waals surface area contributed by atoms with E-state index in [1.165, 1.54) is 11.1 Å². The molecular formula is C11H16Y-2. The third kappa shape index (κ3) is 4.37. The Hall–Kier alpha value is 0.324. The summed E-state index contributed by atoms with van der Waals surface area (Å²) in [4.78, 5) is 0. The molecule has 0 bridgehead atoms. The molecule has 65 valence electrons. The standard InChI is InChI=1S/C10H13.CH3.Y/c1-8(2)10-6-4-5-9(3)7-10;;/h4,6-8H,1-3H3;1H3;/q2*-1;. The fourth-order valence-electron chi connectivity index (χ4n) is 0.968. The molecule has 12 heavy (non-hydrogen) atoms. The third-order valence-electron chi connectivity index (χ3n) is 1.64. The molecule has 0 N–H and O–H groups in total. The van der Waals surface area contributed by atoms with E-state index in [1.807, 2.05) is 6.07 Å². The minimum atomic E-state index is 0. The van der Waals surface area contributed by atoms with Gasteiger partial charge in [-0.2, -0.15) is 35.4 Å². The topological polar surface area (TPSA) is 0 Å². The van der Waals surface area contributed by atoms with E-state index in [9.17, 15) is 0 Å². The van der Waals surface area contributed by atoms with Crippen LogP contribution in [-0.4, -0.2) is 0 Å². The van der Waals surface area contributed by atoms with Crippen LogP contribution in [0.25, 0.3) is 0 Å². The van der Waals surface area contributed by atoms with Crippen LogP contribution in [0.3, 0.4) is 0 Å². The molecule has 0 unspecified atom stereocenters. The van der Waals surface area contributed by atoms with Crippen LogP contribution in [0.4, 0.5) is 0 Å². The van der Waals surface area contributed by atoms with Crippen molar-refractivity contribution < 1.29 is 32.7 Å². The molecule has 1 heteroatoms. The first-order valence-corrected chi connectivity index (χ1v) is 3.68. The zero-order valence-corrected chi connectivity index (χ0v) is 11.2. The van der Waals surface area contributed by atoms with E-state index in [0.29, 0.717) is 5.92 Å². The molecule has 0 amide bonds. The van der Waals surface area contributed by atoms with E-state index in [2.05, 4.69) is 39.0 Å². The molecule has 0 atom stereocenters. The molecular weight excluding hydrogens is 221 g/mol. The number of rotatable bonds is 1. The Labute approximate surface area is 102 Å². The van der Waals surface area contributed by atoms with Gasteiger partial charge in [0.15, 0.2) is 0 Å². The second kappa shape index (κ2) is 6.80. The van der Waals surface area contributed by atoms with Gasteiger partial charge in [0, 0.05) is 32.7 Å². The van der Waals surface area contributed by atoms with Crippen LogP contribution in [0.5, 0.6) is 0 Å². The Morgan fingerprint density at radius 2 is 1.92 bits per heavy atom. The minimum absolute atomic E-state index is 0. The second-order valence-corrected chi connectivity index (χ2v) is 2.96. The van der Waals surface area contributed by atoms with Crippen LogP contribution in [0.15, 0.2) is 18.2 Å². The maximum atomic E-state index is 3.13. The summed E-state index contributed by atoms with van der Waals surface area (Å²) in [7, 11) is 0. The van der Waals surface area contributed by atoms with Gasteiger partial charge < -0.3 is 7.43 Å². The molecule has 0 fully saturated rings. The summed E-state index contributed by atoms with van der Waals surface area (Å²) in [6, 6.07) is 9.43. The van der Waals surface area contributed by atoms with E-state index in [4.69, 9.17) is 0 Å². The van der Waals surface area contributed by atoms with Gasteiger partial charge in [-0.25, -0.2) is 0 Å². The average molecular weight is 237 g/mol. The van der Waals surface area contributed by atoms with Gasteiger partial charge in [-0.1, -0.05) is 20.8 Å². The van der Waals surface area contributed by atoms with Crippen molar-refractivity contribution in [2.75, 3.05) is 0 Å². The zero-order valence-electron chi connectivity index (χ0n) is 8.39. The molecule has 0 saturated carbocycles. The van der Waals surface area contributed by atoms with E-state index in [1.54, 1.807) is 0 Å². The van der Waals surface area contributed by atoms with Crippen LogP contribution in [-0.2, 0) is 32.7 Å². The molecule has 0 heterocycles. The summed E-state index contributed by atoms with van der Waals surface area (Å²) in [5, 5.41) is 0. The summed E-state index contributed by atoms with van der Waals surface area (Å²) in [5.74, 6) is 0.633. The minimum Gasteiger partial charge on any atom is -0.358 e. The largest absolute Gasteiger partial charge is 0.358 e. The Morgan fingerprint density at radius 3 is 2.25 bits per heavy atom. The normalized spacial score (nSPS) is 8.67. The maximum absolute atomic E-state index is 3.13. The van der Waals surface area contributed by atoms with Gasteiger partial charge in [-0.05, 0) is 5.92 Å². The van der Waals surface area contributed by atoms with Crippen LogP contribution >= 0.6 is 0 Å². The number of hydrogen-bond donors (Lipinski definition) is 0. The van der Waals surface area contributed by atoms with Gasteiger partial charge in [0.2, 0.25) is 0 Å². The van der Waals surface area contributed by atoms with E-state index < -0.39 is 0 Å². The SMILES string of the molecule is Cc1[c-]ccc(C(C)C)c1.[CH3-].[Y]. The summed E-state index contributed by atoms with van der Waals surface area (Å²) in [6.07, 6.45) is 0. The van der Waals surface area contributed by atoms with Crippen LogP contribution in [0, 0.1) is 20.4 Å². The molecule has 0 aromatic heterocycles. The molecule has 0 spiro atoms. The summed E-state index contributed by atoms with van der Waals surface area (Å²) >= 11 is 0. The molecule has 1 aromatic rings. The second-order valence-electron chi connectivity index (χ2n) is 2.96. The summed E-state index contributed by atoms with van der Waals surface area (Å²) in [6.45, 7) is 6.48. The predicted molar refractivity (Wildman–Crippen MR) is 50.5 cm³/mol. The molecule has 0 aliphatic rings. The average Bonchev–Trinajstić information content (AvgIpc) is 1.88. The van der Waals surface area contributed by atoms with Crippen molar-refractivity contribution in [2.45, 2.75) is 26.7 Å². The first kappa shape index (κ1) is 14.8. The fraction of sp³-hybridized carbons (Fsp3) is 0.364. The van der Waals surface area contributed by atoms with Gasteiger partial charge in [-0.3, -0.25) is 0 Å². The molecule has 1 radical (unpaired) electrons. The van der Waals surface area contributed by atoms with Gasteiger partial charge in [0.25, 0.3) is 0 Å². The Morgan fingerprint density at radius 1 is 1.33 bits per heavy atom. The number of benzene rings is 1. The van der Waals surface area contributed by atoms with Gasteiger partial charge in [-0.15, -0.1) is 0 Å². The number of hydrogen-bond acceptors (Lipinski definition) is 0.